The summed E-state index contributed by atoms with van der Waals surface area (Å²) in [7, 11) is 1.63. The Morgan fingerprint density at radius 2 is 1.93 bits per heavy atom. The van der Waals surface area contributed by atoms with Crippen molar-refractivity contribution in [1.29, 1.82) is 5.26 Å². The van der Waals surface area contributed by atoms with Gasteiger partial charge >= 0.3 is 0 Å². The van der Waals surface area contributed by atoms with Crippen LogP contribution in [0.3, 0.4) is 0 Å². The first-order chi connectivity index (χ1) is 13.2. The molecule has 3 aromatic carbocycles. The van der Waals surface area contributed by atoms with Gasteiger partial charge in [0.1, 0.15) is 17.6 Å². The average Bonchev–Trinajstić information content (AvgIpc) is 2.72. The van der Waals surface area contributed by atoms with Crippen LogP contribution >= 0.6 is 0 Å². The molecular weight excluding hydrogens is 342 g/mol. The first kappa shape index (κ1) is 18.0. The summed E-state index contributed by atoms with van der Waals surface area (Å²) in [6.45, 7) is -0.229. The third-order valence-electron chi connectivity index (χ3n) is 3.84. The van der Waals surface area contributed by atoms with Crippen LogP contribution in [-0.4, -0.2) is 25.8 Å². The smallest absolute Gasteiger partial charge is 0.277 e. The largest absolute Gasteiger partial charge is 0.497 e. The number of methoxy groups -OCH3 is 1. The number of nitrogens with one attached hydrogen (secondary N) is 1. The summed E-state index contributed by atoms with van der Waals surface area (Å²) in [5.74, 6) is 0.753. The zero-order valence-electron chi connectivity index (χ0n) is 14.7. The molecule has 1 N–H and O–H groups in total. The molecular formula is C21H17N3O3. The van der Waals surface area contributed by atoms with Crippen LogP contribution in [0.5, 0.6) is 11.5 Å². The van der Waals surface area contributed by atoms with E-state index in [1.807, 2.05) is 42.5 Å². The molecule has 134 valence electrons. The maximum absolute atomic E-state index is 11.8. The molecule has 3 rings (SSSR count). The molecule has 0 saturated carbocycles. The molecule has 0 spiro atoms. The van der Waals surface area contributed by atoms with Gasteiger partial charge in [0, 0.05) is 0 Å². The van der Waals surface area contributed by atoms with Gasteiger partial charge in [-0.05, 0) is 46.7 Å². The Morgan fingerprint density at radius 3 is 2.74 bits per heavy atom. The highest BCUT2D eigenvalue weighted by molar-refractivity contribution is 5.91. The molecule has 0 saturated heterocycles. The Labute approximate surface area is 156 Å². The number of carbonyl (C=O) groups is 1. The summed E-state index contributed by atoms with van der Waals surface area (Å²) in [6.07, 6.45) is 1.56. The molecule has 0 unspecified atom stereocenters. The van der Waals surface area contributed by atoms with Crippen LogP contribution in [-0.2, 0) is 4.79 Å². The van der Waals surface area contributed by atoms with Crippen LogP contribution in [0.1, 0.15) is 11.1 Å². The number of rotatable bonds is 6. The lowest BCUT2D eigenvalue weighted by atomic mass is 10.1. The molecule has 0 aromatic heterocycles. The van der Waals surface area contributed by atoms with E-state index in [9.17, 15) is 4.79 Å². The van der Waals surface area contributed by atoms with E-state index in [-0.39, 0.29) is 6.61 Å². The lowest BCUT2D eigenvalue weighted by Gasteiger charge is -2.06. The molecule has 0 radical (unpaired) electrons. The van der Waals surface area contributed by atoms with E-state index in [1.165, 1.54) is 0 Å². The molecule has 3 aromatic rings. The Balaban J connectivity index is 1.57. The molecule has 1 amide bonds. The lowest BCUT2D eigenvalue weighted by molar-refractivity contribution is -0.123. The van der Waals surface area contributed by atoms with E-state index in [4.69, 9.17) is 14.7 Å². The van der Waals surface area contributed by atoms with Gasteiger partial charge < -0.3 is 9.47 Å². The first-order valence-electron chi connectivity index (χ1n) is 8.21. The molecule has 6 heteroatoms. The van der Waals surface area contributed by atoms with Crippen LogP contribution in [0.4, 0.5) is 0 Å². The Kier molecular flexibility index (Phi) is 5.65. The highest BCUT2D eigenvalue weighted by Crippen LogP contribution is 2.21. The number of hydrogen-bond donors (Lipinski definition) is 1. The molecule has 6 nitrogen and oxygen atoms in total. The number of amides is 1. The standard InChI is InChI=1S/C21H17N3O3/c1-26-19-9-8-16-10-15(6-7-17(16)11-19)13-23-24-21(25)14-27-20-5-3-2-4-18(20)12-22/h2-11,13H,14H2,1H3,(H,24,25)/b23-13-. The Hall–Kier alpha value is -3.85. The van der Waals surface area contributed by atoms with Crippen molar-refractivity contribution in [3.8, 4) is 17.6 Å². The number of benzene rings is 3. The summed E-state index contributed by atoms with van der Waals surface area (Å²) in [5.41, 5.74) is 3.63. The third kappa shape index (κ3) is 4.61. The van der Waals surface area contributed by atoms with E-state index in [0.29, 0.717) is 11.3 Å². The molecule has 0 heterocycles. The summed E-state index contributed by atoms with van der Waals surface area (Å²) in [5, 5.41) is 15.0. The van der Waals surface area contributed by atoms with Crippen molar-refractivity contribution in [2.75, 3.05) is 13.7 Å². The van der Waals surface area contributed by atoms with Gasteiger partial charge in [0.05, 0.1) is 18.9 Å². The minimum Gasteiger partial charge on any atom is -0.497 e. The van der Waals surface area contributed by atoms with Gasteiger partial charge in [-0.1, -0.05) is 30.3 Å². The molecule has 0 fully saturated rings. The molecule has 27 heavy (non-hydrogen) atoms. The van der Waals surface area contributed by atoms with Crippen LogP contribution in [0, 0.1) is 11.3 Å². The molecule has 0 bridgehead atoms. The summed E-state index contributed by atoms with van der Waals surface area (Å²) in [6, 6.07) is 20.4. The van der Waals surface area contributed by atoms with Gasteiger partial charge in [0.2, 0.25) is 0 Å². The zero-order chi connectivity index (χ0) is 19.1. The summed E-state index contributed by atoms with van der Waals surface area (Å²) >= 11 is 0. The van der Waals surface area contributed by atoms with Gasteiger partial charge in [0.15, 0.2) is 6.61 Å². The number of carbonyl (C=O) groups excluding carboxylic acids is 1. The topological polar surface area (TPSA) is 83.7 Å². The van der Waals surface area contributed by atoms with E-state index in [2.05, 4.69) is 10.5 Å². The predicted molar refractivity (Wildman–Crippen MR) is 103 cm³/mol. The molecule has 0 atom stereocenters. The second-order valence-corrected chi connectivity index (χ2v) is 5.66. The average molecular weight is 359 g/mol. The van der Waals surface area contributed by atoms with E-state index < -0.39 is 5.91 Å². The van der Waals surface area contributed by atoms with Crippen molar-refractivity contribution in [2.45, 2.75) is 0 Å². The number of nitriles is 1. The number of nitrogens with zero attached hydrogens (tertiary/aromatic N) is 2. The van der Waals surface area contributed by atoms with Gasteiger partial charge in [-0.3, -0.25) is 4.79 Å². The highest BCUT2D eigenvalue weighted by Gasteiger charge is 2.05. The van der Waals surface area contributed by atoms with Crippen molar-refractivity contribution in [1.82, 2.24) is 5.43 Å². The SMILES string of the molecule is COc1ccc2cc(/C=N\NC(=O)COc3ccccc3C#N)ccc2c1. The fraction of sp³-hybridized carbons (Fsp3) is 0.0952. The van der Waals surface area contributed by atoms with Crippen LogP contribution < -0.4 is 14.9 Å². The van der Waals surface area contributed by atoms with E-state index in [0.717, 1.165) is 22.1 Å². The van der Waals surface area contributed by atoms with Crippen molar-refractivity contribution in [3.05, 3.63) is 71.8 Å². The minimum atomic E-state index is -0.412. The fourth-order valence-electron chi connectivity index (χ4n) is 2.49. The van der Waals surface area contributed by atoms with Gasteiger partial charge in [-0.15, -0.1) is 0 Å². The zero-order valence-corrected chi connectivity index (χ0v) is 14.7. The van der Waals surface area contributed by atoms with E-state index in [1.54, 1.807) is 37.6 Å². The number of para-hydroxylation sites is 1. The molecule has 0 aliphatic rings. The monoisotopic (exact) mass is 359 g/mol. The Bertz CT molecular complexity index is 1040. The Morgan fingerprint density at radius 1 is 1.15 bits per heavy atom. The van der Waals surface area contributed by atoms with Crippen molar-refractivity contribution < 1.29 is 14.3 Å². The van der Waals surface area contributed by atoms with Crippen molar-refractivity contribution >= 4 is 22.9 Å². The number of ether oxygens (including phenoxy) is 2. The first-order valence-corrected chi connectivity index (χ1v) is 8.21. The fourth-order valence-corrected chi connectivity index (χ4v) is 2.49. The summed E-state index contributed by atoms with van der Waals surface area (Å²) < 4.78 is 10.6. The number of hydrogen-bond acceptors (Lipinski definition) is 5. The van der Waals surface area contributed by atoms with Gasteiger partial charge in [-0.25, -0.2) is 5.43 Å². The quantitative estimate of drug-likeness (QED) is 0.541. The van der Waals surface area contributed by atoms with Crippen LogP contribution in [0.2, 0.25) is 0 Å². The number of hydrazone groups is 1. The maximum Gasteiger partial charge on any atom is 0.277 e. The van der Waals surface area contributed by atoms with Crippen molar-refractivity contribution in [3.63, 3.8) is 0 Å². The van der Waals surface area contributed by atoms with Gasteiger partial charge in [-0.2, -0.15) is 10.4 Å². The van der Waals surface area contributed by atoms with E-state index >= 15 is 0 Å². The normalized spacial score (nSPS) is 10.5. The van der Waals surface area contributed by atoms with Crippen molar-refractivity contribution in [2.24, 2.45) is 5.10 Å². The van der Waals surface area contributed by atoms with Gasteiger partial charge in [0.25, 0.3) is 5.91 Å². The van der Waals surface area contributed by atoms with Crippen LogP contribution in [0.15, 0.2) is 65.8 Å². The third-order valence-corrected chi connectivity index (χ3v) is 3.84. The van der Waals surface area contributed by atoms with Crippen LogP contribution in [0.25, 0.3) is 10.8 Å². The second-order valence-electron chi connectivity index (χ2n) is 5.66. The predicted octanol–water partition coefficient (Wildman–Crippen LogP) is 3.25. The highest BCUT2D eigenvalue weighted by atomic mass is 16.5. The molecule has 0 aliphatic carbocycles. The maximum atomic E-state index is 11.8. The number of fused-ring (bicyclic) bond motifs is 1. The lowest BCUT2D eigenvalue weighted by Crippen LogP contribution is -2.24. The molecule has 0 aliphatic heterocycles. The second kappa shape index (κ2) is 8.50. The minimum absolute atomic E-state index is 0.229. The summed E-state index contributed by atoms with van der Waals surface area (Å²) in [4.78, 5) is 11.8.